The van der Waals surface area contributed by atoms with E-state index in [9.17, 15) is 32.6 Å². The van der Waals surface area contributed by atoms with Crippen LogP contribution in [0.3, 0.4) is 0 Å². The first-order valence-corrected chi connectivity index (χ1v) is 18.0. The highest BCUT2D eigenvalue weighted by Gasteiger charge is 2.24. The monoisotopic (exact) mass is 729 g/mol. The van der Waals surface area contributed by atoms with Gasteiger partial charge in [-0.05, 0) is 55.6 Å². The van der Waals surface area contributed by atoms with Gasteiger partial charge in [-0.15, -0.1) is 11.8 Å². The van der Waals surface area contributed by atoms with Crippen molar-refractivity contribution in [1.29, 1.82) is 5.26 Å². The predicted octanol–water partition coefficient (Wildman–Crippen LogP) is 7.18. The van der Waals surface area contributed by atoms with Gasteiger partial charge in [0.15, 0.2) is 9.84 Å². The van der Waals surface area contributed by atoms with Gasteiger partial charge in [0.1, 0.15) is 52.7 Å². The summed E-state index contributed by atoms with van der Waals surface area (Å²) in [5.41, 5.74) is 7.74. The number of anilines is 4. The van der Waals surface area contributed by atoms with Gasteiger partial charge >= 0.3 is 0 Å². The molecule has 0 saturated carbocycles. The lowest BCUT2D eigenvalue weighted by Gasteiger charge is -2.19. The number of nitrogens with zero attached hydrogens (tertiary/aromatic N) is 6. The van der Waals surface area contributed by atoms with E-state index in [4.69, 9.17) is 5.73 Å². The quantitative estimate of drug-likeness (QED) is 0.0772. The van der Waals surface area contributed by atoms with Crippen LogP contribution in [-0.4, -0.2) is 45.4 Å². The number of sulfone groups is 1. The molecular weight excluding hydrogens is 701 g/mol. The first-order valence-electron chi connectivity index (χ1n) is 14.9. The summed E-state index contributed by atoms with van der Waals surface area (Å²) in [6.45, 7) is 1.76. The van der Waals surface area contributed by atoms with Gasteiger partial charge in [0.05, 0.1) is 38.3 Å². The van der Waals surface area contributed by atoms with E-state index in [-0.39, 0.29) is 33.5 Å². The van der Waals surface area contributed by atoms with E-state index in [2.05, 4.69) is 25.6 Å². The normalized spacial score (nSPS) is 11.6. The number of aromatic nitrogens is 4. The molecule has 0 spiro atoms. The second-order valence-corrected chi connectivity index (χ2v) is 13.7. The van der Waals surface area contributed by atoms with Gasteiger partial charge in [-0.3, -0.25) is 14.7 Å². The molecule has 0 amide bonds. The van der Waals surface area contributed by atoms with Crippen LogP contribution in [-0.2, 0) is 9.84 Å². The third-order valence-corrected chi connectivity index (χ3v) is 9.35. The number of thioether (sulfide) groups is 1. The molecule has 4 N–H and O–H groups in total. The zero-order valence-electron chi connectivity index (χ0n) is 27.2. The van der Waals surface area contributed by atoms with Gasteiger partial charge in [-0.1, -0.05) is 24.3 Å². The number of para-hydroxylation sites is 2. The Bertz CT molecular complexity index is 2420. The number of benzene rings is 4. The molecule has 0 bridgehead atoms. The summed E-state index contributed by atoms with van der Waals surface area (Å²) in [5, 5.41) is 26.3. The van der Waals surface area contributed by atoms with E-state index < -0.39 is 32.4 Å². The molecule has 2 heterocycles. The van der Waals surface area contributed by atoms with Crippen molar-refractivity contribution in [3.05, 3.63) is 124 Å². The molecule has 0 aliphatic heterocycles. The van der Waals surface area contributed by atoms with Crippen LogP contribution < -0.4 is 16.4 Å². The van der Waals surface area contributed by atoms with Gasteiger partial charge in [0, 0.05) is 29.4 Å². The van der Waals surface area contributed by atoms with Crippen LogP contribution in [0, 0.1) is 33.1 Å². The van der Waals surface area contributed by atoms with Crippen molar-refractivity contribution in [2.24, 2.45) is 0 Å². The number of nitro groups is 1. The Balaban J connectivity index is 0.000000226. The highest BCUT2D eigenvalue weighted by molar-refractivity contribution is 7.98. The number of nitriles is 1. The van der Waals surface area contributed by atoms with Crippen LogP contribution in [0.1, 0.15) is 24.4 Å². The van der Waals surface area contributed by atoms with Gasteiger partial charge < -0.3 is 16.4 Å². The zero-order chi connectivity index (χ0) is 36.9. The van der Waals surface area contributed by atoms with Gasteiger partial charge in [0.2, 0.25) is 0 Å². The predicted molar refractivity (Wildman–Crippen MR) is 192 cm³/mol. The second kappa shape index (κ2) is 15.2. The van der Waals surface area contributed by atoms with Crippen molar-refractivity contribution in [3.63, 3.8) is 0 Å². The molecule has 13 nitrogen and oxygen atoms in total. The Morgan fingerprint density at radius 3 is 2.39 bits per heavy atom. The molecule has 0 aliphatic carbocycles. The molecule has 17 heteroatoms. The van der Waals surface area contributed by atoms with E-state index in [1.54, 1.807) is 35.8 Å². The molecule has 4 aromatic carbocycles. The number of hydrogen-bond donors (Lipinski definition) is 3. The topological polar surface area (TPSA) is 195 Å². The van der Waals surface area contributed by atoms with Gasteiger partial charge in [-0.25, -0.2) is 32.2 Å². The Labute approximate surface area is 295 Å². The standard InChI is InChI=1S/C21H18FN7O2S.C13H11FN2O2S/c1-12(27-20-14(10-23)19(24)25-11-26-20)21-28-15-8-7-13(22)9-17(15)29(21)16-5-3-4-6-18(16)32(2,30)31;1-19-13-5-3-2-4-10(13)15-11-8-9(14)6-7-12(11)16(17)18/h3-9,11-12H,1-2H3,(H3,24,25,26,27);2-8,15H,1H3/t12-;/m1./s1. The summed E-state index contributed by atoms with van der Waals surface area (Å²) in [5.74, 6) is -0.389. The smallest absolute Gasteiger partial charge is 0.292 e. The maximum atomic E-state index is 14.1. The number of nitrogens with two attached hydrogens (primary N) is 1. The minimum atomic E-state index is -3.60. The molecule has 0 fully saturated rings. The number of nitrogen functional groups attached to an aromatic ring is 1. The number of hydrogen-bond acceptors (Lipinski definition) is 12. The van der Waals surface area contributed by atoms with Gasteiger partial charge in [0.25, 0.3) is 5.69 Å². The summed E-state index contributed by atoms with van der Waals surface area (Å²) in [6.07, 6.45) is 4.23. The Hall–Kier alpha value is -6.12. The first-order chi connectivity index (χ1) is 24.3. The molecule has 0 saturated heterocycles. The van der Waals surface area contributed by atoms with Gasteiger partial charge in [-0.2, -0.15) is 5.26 Å². The lowest BCUT2D eigenvalue weighted by atomic mass is 10.2. The van der Waals surface area contributed by atoms with Crippen LogP contribution >= 0.6 is 11.8 Å². The molecular formula is C34H29F2N9O4S2. The van der Waals surface area contributed by atoms with Crippen molar-refractivity contribution >= 4 is 61.3 Å². The summed E-state index contributed by atoms with van der Waals surface area (Å²) < 4.78 is 53.8. The lowest BCUT2D eigenvalue weighted by Crippen LogP contribution is -2.16. The summed E-state index contributed by atoms with van der Waals surface area (Å²) in [6, 6.07) is 22.6. The van der Waals surface area contributed by atoms with E-state index in [0.717, 1.165) is 29.4 Å². The van der Waals surface area contributed by atoms with Crippen molar-refractivity contribution < 1.29 is 22.1 Å². The third-order valence-electron chi connectivity index (χ3n) is 7.41. The Kier molecular flexibility index (Phi) is 10.8. The third kappa shape index (κ3) is 8.03. The van der Waals surface area contributed by atoms with Crippen molar-refractivity contribution in [2.75, 3.05) is 28.9 Å². The molecule has 2 aromatic heterocycles. The minimum Gasteiger partial charge on any atom is -0.382 e. The fourth-order valence-electron chi connectivity index (χ4n) is 5.12. The highest BCUT2D eigenvalue weighted by Crippen LogP contribution is 2.34. The number of halogens is 2. The zero-order valence-corrected chi connectivity index (χ0v) is 28.8. The number of rotatable bonds is 9. The Morgan fingerprint density at radius 2 is 1.69 bits per heavy atom. The lowest BCUT2D eigenvalue weighted by molar-refractivity contribution is -0.384. The molecule has 6 aromatic rings. The van der Waals surface area contributed by atoms with Crippen molar-refractivity contribution in [2.45, 2.75) is 22.8 Å². The highest BCUT2D eigenvalue weighted by atomic mass is 32.2. The van der Waals surface area contributed by atoms with Crippen LogP contribution in [0.15, 0.2) is 101 Å². The van der Waals surface area contributed by atoms with Crippen LogP contribution in [0.25, 0.3) is 16.7 Å². The number of nitrogens with one attached hydrogen (secondary N) is 2. The average Bonchev–Trinajstić information content (AvgIpc) is 3.47. The molecule has 0 unspecified atom stereocenters. The van der Waals surface area contributed by atoms with Crippen LogP contribution in [0.4, 0.5) is 37.5 Å². The van der Waals surface area contributed by atoms with Crippen LogP contribution in [0.2, 0.25) is 0 Å². The molecule has 260 valence electrons. The number of nitro benzene ring substituents is 1. The number of imidazole rings is 1. The minimum absolute atomic E-state index is 0.0233. The summed E-state index contributed by atoms with van der Waals surface area (Å²) in [7, 11) is -3.60. The maximum absolute atomic E-state index is 14.1. The average molecular weight is 730 g/mol. The summed E-state index contributed by atoms with van der Waals surface area (Å²) >= 11 is 1.51. The fourth-order valence-corrected chi connectivity index (χ4v) is 6.53. The number of fused-ring (bicyclic) bond motifs is 1. The summed E-state index contributed by atoms with van der Waals surface area (Å²) in [4.78, 5) is 23.9. The second-order valence-electron chi connectivity index (χ2n) is 10.9. The van der Waals surface area contributed by atoms with Crippen molar-refractivity contribution in [3.8, 4) is 11.8 Å². The molecule has 6 rings (SSSR count). The van der Waals surface area contributed by atoms with E-state index in [0.29, 0.717) is 28.2 Å². The maximum Gasteiger partial charge on any atom is 0.292 e. The van der Waals surface area contributed by atoms with E-state index in [1.807, 2.05) is 30.5 Å². The first kappa shape index (κ1) is 36.2. The van der Waals surface area contributed by atoms with E-state index >= 15 is 0 Å². The molecule has 0 aliphatic rings. The largest absolute Gasteiger partial charge is 0.382 e. The molecule has 0 radical (unpaired) electrons. The Morgan fingerprint density at radius 1 is 1.00 bits per heavy atom. The molecule has 1 atom stereocenters. The van der Waals surface area contributed by atoms with Crippen LogP contribution in [0.5, 0.6) is 0 Å². The fraction of sp³-hybridized carbons (Fsp3) is 0.118. The van der Waals surface area contributed by atoms with E-state index in [1.165, 1.54) is 42.4 Å². The van der Waals surface area contributed by atoms with Crippen molar-refractivity contribution in [1.82, 2.24) is 19.5 Å². The SMILES string of the molecule is CSc1ccccc1Nc1cc(F)ccc1[N+](=O)[O-].C[C@@H](Nc1ncnc(N)c1C#N)c1nc2ccc(F)cc2n1-c1ccccc1S(C)(=O)=O. The molecule has 51 heavy (non-hydrogen) atoms.